The number of ether oxygens (including phenoxy) is 1. The second-order valence-corrected chi connectivity index (χ2v) is 5.82. The number of amides is 2. The summed E-state index contributed by atoms with van der Waals surface area (Å²) in [7, 11) is 1.60. The number of aromatic nitrogens is 4. The molecule has 0 unspecified atom stereocenters. The van der Waals surface area contributed by atoms with Crippen LogP contribution in [0, 0.1) is 20.8 Å². The molecule has 1 aromatic carbocycles. The van der Waals surface area contributed by atoms with Gasteiger partial charge in [0.25, 0.3) is 0 Å². The second-order valence-electron chi connectivity index (χ2n) is 5.82. The number of carbonyl (C=O) groups excluding carboxylic acids is 1. The van der Waals surface area contributed by atoms with Crippen LogP contribution < -0.4 is 15.4 Å². The molecule has 8 nitrogen and oxygen atoms in total. The summed E-state index contributed by atoms with van der Waals surface area (Å²) in [5, 5.41) is 5.51. The van der Waals surface area contributed by atoms with Crippen LogP contribution >= 0.6 is 0 Å². The first kappa shape index (κ1) is 17.4. The largest absolute Gasteiger partial charge is 0.497 e. The third-order valence-corrected chi connectivity index (χ3v) is 4.05. The van der Waals surface area contributed by atoms with E-state index in [0.29, 0.717) is 17.3 Å². The normalized spacial score (nSPS) is 10.5. The summed E-state index contributed by atoms with van der Waals surface area (Å²) >= 11 is 0. The number of benzene rings is 1. The molecule has 2 N–H and O–H groups in total. The first-order valence-electron chi connectivity index (χ1n) is 8.03. The number of hydrogen-bond acceptors (Lipinski definition) is 5. The molecule has 3 aromatic rings. The summed E-state index contributed by atoms with van der Waals surface area (Å²) in [6.07, 6.45) is 4.78. The lowest BCUT2D eigenvalue weighted by molar-refractivity contribution is 0.262. The van der Waals surface area contributed by atoms with Gasteiger partial charge in [0.1, 0.15) is 12.1 Å². The van der Waals surface area contributed by atoms with E-state index in [1.54, 1.807) is 42.5 Å². The summed E-state index contributed by atoms with van der Waals surface area (Å²) in [5.74, 6) is 1.24. The minimum atomic E-state index is -0.371. The molecule has 0 bridgehead atoms. The van der Waals surface area contributed by atoms with Crippen LogP contribution in [0.25, 0.3) is 5.95 Å². The number of methoxy groups -OCH3 is 1. The summed E-state index contributed by atoms with van der Waals surface area (Å²) < 4.78 is 6.95. The number of urea groups is 1. The van der Waals surface area contributed by atoms with Crippen molar-refractivity contribution in [1.82, 2.24) is 19.5 Å². The number of carbonyl (C=O) groups is 1. The highest BCUT2D eigenvalue weighted by Crippen LogP contribution is 2.21. The molecule has 0 atom stereocenters. The molecule has 3 rings (SSSR count). The number of hydrogen-bond donors (Lipinski definition) is 2. The predicted molar refractivity (Wildman–Crippen MR) is 99.0 cm³/mol. The monoisotopic (exact) mass is 352 g/mol. The Hall–Kier alpha value is -3.42. The molecule has 134 valence electrons. The smallest absolute Gasteiger partial charge is 0.323 e. The van der Waals surface area contributed by atoms with E-state index in [2.05, 4.69) is 25.6 Å². The summed E-state index contributed by atoms with van der Waals surface area (Å²) in [6, 6.07) is 5.06. The van der Waals surface area contributed by atoms with Crippen LogP contribution in [0.5, 0.6) is 5.75 Å². The van der Waals surface area contributed by atoms with Gasteiger partial charge in [-0.25, -0.2) is 19.7 Å². The van der Waals surface area contributed by atoms with E-state index in [0.717, 1.165) is 22.7 Å². The molecule has 0 radical (unpaired) electrons. The van der Waals surface area contributed by atoms with E-state index in [1.807, 2.05) is 26.8 Å². The van der Waals surface area contributed by atoms with Crippen LogP contribution in [0.4, 0.5) is 16.2 Å². The molecule has 0 spiro atoms. The quantitative estimate of drug-likeness (QED) is 0.752. The van der Waals surface area contributed by atoms with Gasteiger partial charge >= 0.3 is 6.03 Å². The van der Waals surface area contributed by atoms with Gasteiger partial charge in [-0.2, -0.15) is 0 Å². The maximum absolute atomic E-state index is 12.2. The number of rotatable bonds is 4. The minimum Gasteiger partial charge on any atom is -0.497 e. The fourth-order valence-electron chi connectivity index (χ4n) is 2.40. The van der Waals surface area contributed by atoms with Crippen molar-refractivity contribution in [1.29, 1.82) is 0 Å². The molecule has 2 aromatic heterocycles. The molecule has 2 amide bonds. The lowest BCUT2D eigenvalue weighted by Crippen LogP contribution is -2.20. The van der Waals surface area contributed by atoms with Gasteiger partial charge in [0.05, 0.1) is 30.9 Å². The number of nitrogens with zero attached hydrogens (tertiary/aromatic N) is 4. The SMILES string of the molecule is COc1ccc(NC(=O)Nc2cnc(-n3cnc(C)c3C)nc2)c(C)c1. The Balaban J connectivity index is 1.67. The van der Waals surface area contributed by atoms with Crippen molar-refractivity contribution in [3.8, 4) is 11.7 Å². The van der Waals surface area contributed by atoms with Crippen LogP contribution in [0.2, 0.25) is 0 Å². The summed E-state index contributed by atoms with van der Waals surface area (Å²) in [6.45, 7) is 5.77. The number of aryl methyl sites for hydroxylation is 2. The first-order chi connectivity index (χ1) is 12.5. The Kier molecular flexibility index (Phi) is 4.83. The number of nitrogens with one attached hydrogen (secondary N) is 2. The van der Waals surface area contributed by atoms with Gasteiger partial charge in [0, 0.05) is 11.4 Å². The van der Waals surface area contributed by atoms with Crippen LogP contribution in [0.1, 0.15) is 17.0 Å². The van der Waals surface area contributed by atoms with Gasteiger partial charge in [-0.1, -0.05) is 0 Å². The van der Waals surface area contributed by atoms with E-state index >= 15 is 0 Å². The van der Waals surface area contributed by atoms with Gasteiger partial charge < -0.3 is 15.4 Å². The molecule has 8 heteroatoms. The highest BCUT2D eigenvalue weighted by Gasteiger charge is 2.09. The van der Waals surface area contributed by atoms with Crippen molar-refractivity contribution in [3.05, 3.63) is 53.9 Å². The molecule has 0 aliphatic rings. The van der Waals surface area contributed by atoms with E-state index in [-0.39, 0.29) is 6.03 Å². The lowest BCUT2D eigenvalue weighted by atomic mass is 10.2. The van der Waals surface area contributed by atoms with Crippen molar-refractivity contribution in [2.75, 3.05) is 17.7 Å². The van der Waals surface area contributed by atoms with Crippen molar-refractivity contribution >= 4 is 17.4 Å². The molecular weight excluding hydrogens is 332 g/mol. The van der Waals surface area contributed by atoms with E-state index in [9.17, 15) is 4.79 Å². The van der Waals surface area contributed by atoms with Crippen LogP contribution in [-0.4, -0.2) is 32.7 Å². The Morgan fingerprint density at radius 2 is 1.81 bits per heavy atom. The van der Waals surface area contributed by atoms with Crippen molar-refractivity contribution in [3.63, 3.8) is 0 Å². The maximum Gasteiger partial charge on any atom is 0.323 e. The van der Waals surface area contributed by atoms with Gasteiger partial charge in [-0.15, -0.1) is 0 Å². The number of imidazole rings is 1. The van der Waals surface area contributed by atoms with E-state index in [4.69, 9.17) is 4.74 Å². The molecular formula is C18H20N6O2. The van der Waals surface area contributed by atoms with Crippen molar-refractivity contribution < 1.29 is 9.53 Å². The van der Waals surface area contributed by atoms with E-state index < -0.39 is 0 Å². The summed E-state index contributed by atoms with van der Waals surface area (Å²) in [4.78, 5) is 25.0. The van der Waals surface area contributed by atoms with Crippen LogP contribution in [0.3, 0.4) is 0 Å². The highest BCUT2D eigenvalue weighted by atomic mass is 16.5. The Bertz CT molecular complexity index is 933. The topological polar surface area (TPSA) is 94.0 Å². The fourth-order valence-corrected chi connectivity index (χ4v) is 2.40. The molecule has 2 heterocycles. The molecule has 0 aliphatic heterocycles. The highest BCUT2D eigenvalue weighted by molar-refractivity contribution is 6.00. The zero-order valence-electron chi connectivity index (χ0n) is 15.1. The van der Waals surface area contributed by atoms with Crippen LogP contribution in [-0.2, 0) is 0 Å². The van der Waals surface area contributed by atoms with Gasteiger partial charge in [-0.3, -0.25) is 4.57 Å². The van der Waals surface area contributed by atoms with Crippen molar-refractivity contribution in [2.24, 2.45) is 0 Å². The zero-order valence-corrected chi connectivity index (χ0v) is 15.1. The first-order valence-corrected chi connectivity index (χ1v) is 8.03. The van der Waals surface area contributed by atoms with Crippen LogP contribution in [0.15, 0.2) is 36.9 Å². The Morgan fingerprint density at radius 3 is 2.38 bits per heavy atom. The average Bonchev–Trinajstić information content (AvgIpc) is 2.96. The second kappa shape index (κ2) is 7.22. The lowest BCUT2D eigenvalue weighted by Gasteiger charge is -2.11. The van der Waals surface area contributed by atoms with E-state index in [1.165, 1.54) is 0 Å². The standard InChI is InChI=1S/C18H20N6O2/c1-11-7-15(26-4)5-6-16(11)23-18(25)22-14-8-19-17(20-9-14)24-10-21-12(2)13(24)3/h5-10H,1-4H3,(H2,22,23,25). The third-order valence-electron chi connectivity index (χ3n) is 4.05. The fraction of sp³-hybridized carbons (Fsp3) is 0.222. The molecule has 0 aliphatic carbocycles. The van der Waals surface area contributed by atoms with Gasteiger partial charge in [0.2, 0.25) is 5.95 Å². The molecule has 0 fully saturated rings. The summed E-state index contributed by atoms with van der Waals surface area (Å²) in [5.41, 5.74) is 3.98. The minimum absolute atomic E-state index is 0.371. The van der Waals surface area contributed by atoms with Gasteiger partial charge in [-0.05, 0) is 44.5 Å². The Labute approximate surface area is 151 Å². The molecule has 0 saturated carbocycles. The molecule has 26 heavy (non-hydrogen) atoms. The zero-order chi connectivity index (χ0) is 18.7. The molecule has 0 saturated heterocycles. The number of anilines is 2. The Morgan fingerprint density at radius 1 is 1.08 bits per heavy atom. The maximum atomic E-state index is 12.2. The third kappa shape index (κ3) is 3.64. The van der Waals surface area contributed by atoms with Gasteiger partial charge in [0.15, 0.2) is 0 Å². The predicted octanol–water partition coefficient (Wildman–Crippen LogP) is 3.24. The average molecular weight is 352 g/mol. The van der Waals surface area contributed by atoms with Crippen molar-refractivity contribution in [2.45, 2.75) is 20.8 Å².